The molecule has 2 saturated heterocycles. The molecule has 0 radical (unpaired) electrons. The van der Waals surface area contributed by atoms with Gasteiger partial charge in [0.1, 0.15) is 18.0 Å². The zero-order valence-corrected chi connectivity index (χ0v) is 15.9. The van der Waals surface area contributed by atoms with Gasteiger partial charge in [-0.3, -0.25) is 14.5 Å². The van der Waals surface area contributed by atoms with Gasteiger partial charge in [0.2, 0.25) is 0 Å². The lowest BCUT2D eigenvalue weighted by atomic mass is 10.0. The number of benzene rings is 1. The number of hydrogen-bond donors (Lipinski definition) is 0. The molecular formula is C18H20F3N3O5. The van der Waals surface area contributed by atoms with E-state index in [1.54, 1.807) is 23.1 Å². The Hall–Kier alpha value is -2.82. The molecule has 158 valence electrons. The largest absolute Gasteiger partial charge is 0.497 e. The molecule has 2 aliphatic heterocycles. The van der Waals surface area contributed by atoms with E-state index in [0.29, 0.717) is 29.4 Å². The van der Waals surface area contributed by atoms with E-state index in [1.807, 2.05) is 0 Å². The van der Waals surface area contributed by atoms with Gasteiger partial charge < -0.3 is 9.47 Å². The van der Waals surface area contributed by atoms with Gasteiger partial charge in [0, 0.05) is 18.2 Å². The first-order valence-corrected chi connectivity index (χ1v) is 8.86. The second-order valence-electron chi connectivity index (χ2n) is 6.74. The van der Waals surface area contributed by atoms with Gasteiger partial charge >= 0.3 is 24.0 Å². The Morgan fingerprint density at radius 1 is 1.07 bits per heavy atom. The van der Waals surface area contributed by atoms with E-state index in [-0.39, 0.29) is 17.6 Å². The first kappa shape index (κ1) is 20.9. The van der Waals surface area contributed by atoms with Crippen molar-refractivity contribution >= 4 is 17.8 Å². The van der Waals surface area contributed by atoms with Crippen LogP contribution >= 0.6 is 0 Å². The molecule has 0 saturated carbocycles. The molecule has 1 aromatic carbocycles. The number of nitrogens with zero attached hydrogens (tertiary/aromatic N) is 3. The standard InChI is InChI=1S/C18H20F3N3O5/c1-28-11-5-6-14(29-2)12(8-11)13-4-3-7-22(13)10-24-16(26)15(25)23(17(24)27)9-18(19,20)21/h5-6,8,13H,3-4,7,9-10H2,1-2H3/t13-/m0/s1. The smallest absolute Gasteiger partial charge is 0.406 e. The third-order valence-corrected chi connectivity index (χ3v) is 4.96. The van der Waals surface area contributed by atoms with Crippen molar-refractivity contribution in [3.05, 3.63) is 23.8 Å². The summed E-state index contributed by atoms with van der Waals surface area (Å²) in [5.41, 5.74) is 0.766. The van der Waals surface area contributed by atoms with E-state index in [4.69, 9.17) is 9.47 Å². The minimum absolute atomic E-state index is 0.0699. The lowest BCUT2D eigenvalue weighted by Gasteiger charge is -2.29. The fourth-order valence-corrected chi connectivity index (χ4v) is 3.62. The maximum Gasteiger partial charge on any atom is 0.406 e. The summed E-state index contributed by atoms with van der Waals surface area (Å²) in [7, 11) is 3.02. The summed E-state index contributed by atoms with van der Waals surface area (Å²) in [6, 6.07) is 3.71. The van der Waals surface area contributed by atoms with Gasteiger partial charge in [-0.2, -0.15) is 13.2 Å². The Balaban J connectivity index is 1.82. The lowest BCUT2D eigenvalue weighted by molar-refractivity contribution is -0.156. The molecule has 11 heteroatoms. The number of methoxy groups -OCH3 is 2. The Kier molecular flexibility index (Phi) is 5.69. The Bertz CT molecular complexity index is 829. The molecule has 2 fully saturated rings. The molecule has 1 aromatic rings. The molecule has 1 atom stereocenters. The highest BCUT2D eigenvalue weighted by Crippen LogP contribution is 2.39. The van der Waals surface area contributed by atoms with Gasteiger partial charge in [-0.1, -0.05) is 0 Å². The van der Waals surface area contributed by atoms with Crippen LogP contribution < -0.4 is 9.47 Å². The highest BCUT2D eigenvalue weighted by molar-refractivity contribution is 6.44. The second-order valence-corrected chi connectivity index (χ2v) is 6.74. The number of ether oxygens (including phenoxy) is 2. The van der Waals surface area contributed by atoms with Crippen LogP contribution in [0, 0.1) is 0 Å². The van der Waals surface area contributed by atoms with Crippen LogP contribution in [0.25, 0.3) is 0 Å². The summed E-state index contributed by atoms with van der Waals surface area (Å²) in [5, 5.41) is 0. The first-order chi connectivity index (χ1) is 13.7. The average Bonchev–Trinajstić information content (AvgIpc) is 3.21. The maximum atomic E-state index is 12.6. The number of carbonyl (C=O) groups is 3. The molecule has 29 heavy (non-hydrogen) atoms. The zero-order valence-electron chi connectivity index (χ0n) is 15.9. The van der Waals surface area contributed by atoms with E-state index in [9.17, 15) is 27.6 Å². The molecule has 8 nitrogen and oxygen atoms in total. The molecule has 0 aliphatic carbocycles. The predicted octanol–water partition coefficient (Wildman–Crippen LogP) is 2.15. The molecule has 0 spiro atoms. The van der Waals surface area contributed by atoms with Crippen LogP contribution in [-0.4, -0.2) is 72.7 Å². The number of imide groups is 2. The summed E-state index contributed by atoms with van der Waals surface area (Å²) in [4.78, 5) is 38.6. The minimum Gasteiger partial charge on any atom is -0.497 e. The van der Waals surface area contributed by atoms with E-state index < -0.39 is 30.6 Å². The third-order valence-electron chi connectivity index (χ3n) is 4.96. The molecule has 3 rings (SSSR count). The Morgan fingerprint density at radius 3 is 2.38 bits per heavy atom. The van der Waals surface area contributed by atoms with Gasteiger partial charge in [-0.15, -0.1) is 0 Å². The topological polar surface area (TPSA) is 79.4 Å². The number of hydrogen-bond acceptors (Lipinski definition) is 6. The molecule has 0 bridgehead atoms. The van der Waals surface area contributed by atoms with Crippen molar-refractivity contribution < 1.29 is 37.0 Å². The molecule has 0 N–H and O–H groups in total. The molecule has 0 aromatic heterocycles. The van der Waals surface area contributed by atoms with Gasteiger partial charge in [0.15, 0.2) is 0 Å². The minimum atomic E-state index is -4.79. The Labute approximate surface area is 164 Å². The van der Waals surface area contributed by atoms with E-state index in [0.717, 1.165) is 12.0 Å². The number of halogens is 3. The molecule has 0 unspecified atom stereocenters. The van der Waals surface area contributed by atoms with Crippen LogP contribution in [0.2, 0.25) is 0 Å². The first-order valence-electron chi connectivity index (χ1n) is 8.86. The van der Waals surface area contributed by atoms with Crippen LogP contribution in [0.4, 0.5) is 18.0 Å². The number of urea groups is 1. The van der Waals surface area contributed by atoms with Crippen molar-refractivity contribution in [2.45, 2.75) is 25.1 Å². The fraction of sp³-hybridized carbons (Fsp3) is 0.500. The van der Waals surface area contributed by atoms with Crippen LogP contribution in [0.1, 0.15) is 24.4 Å². The number of carbonyl (C=O) groups excluding carboxylic acids is 3. The van der Waals surface area contributed by atoms with Crippen molar-refractivity contribution in [2.24, 2.45) is 0 Å². The van der Waals surface area contributed by atoms with Crippen molar-refractivity contribution in [3.8, 4) is 11.5 Å². The normalized spacial score (nSPS) is 20.7. The number of likely N-dealkylation sites (tertiary alicyclic amines) is 1. The molecule has 2 heterocycles. The quantitative estimate of drug-likeness (QED) is 0.523. The highest BCUT2D eigenvalue weighted by Gasteiger charge is 2.49. The fourth-order valence-electron chi connectivity index (χ4n) is 3.62. The summed E-state index contributed by atoms with van der Waals surface area (Å²) >= 11 is 0. The van der Waals surface area contributed by atoms with Gasteiger partial charge in [0.25, 0.3) is 0 Å². The summed E-state index contributed by atoms with van der Waals surface area (Å²) < 4.78 is 48.5. The zero-order chi connectivity index (χ0) is 21.3. The van der Waals surface area contributed by atoms with Crippen molar-refractivity contribution in [3.63, 3.8) is 0 Å². The maximum absolute atomic E-state index is 12.6. The Morgan fingerprint density at radius 2 is 1.76 bits per heavy atom. The number of rotatable bonds is 6. The second kappa shape index (κ2) is 7.90. The number of alkyl halides is 3. The predicted molar refractivity (Wildman–Crippen MR) is 93.1 cm³/mol. The van der Waals surface area contributed by atoms with Gasteiger partial charge in [-0.25, -0.2) is 14.6 Å². The summed E-state index contributed by atoms with van der Waals surface area (Å²) in [5.74, 6) is -1.56. The van der Waals surface area contributed by atoms with Crippen LogP contribution in [0.5, 0.6) is 11.5 Å². The van der Waals surface area contributed by atoms with E-state index in [2.05, 4.69) is 0 Å². The number of amides is 4. The van der Waals surface area contributed by atoms with Crippen LogP contribution in [-0.2, 0) is 9.59 Å². The summed E-state index contributed by atoms with van der Waals surface area (Å²) in [6.45, 7) is -1.58. The van der Waals surface area contributed by atoms with E-state index in [1.165, 1.54) is 14.2 Å². The van der Waals surface area contributed by atoms with Gasteiger partial charge in [0.05, 0.1) is 20.9 Å². The van der Waals surface area contributed by atoms with Crippen LogP contribution in [0.15, 0.2) is 18.2 Å². The van der Waals surface area contributed by atoms with Crippen LogP contribution in [0.3, 0.4) is 0 Å². The van der Waals surface area contributed by atoms with Gasteiger partial charge in [-0.05, 0) is 31.0 Å². The van der Waals surface area contributed by atoms with Crippen molar-refractivity contribution in [1.82, 2.24) is 14.7 Å². The monoisotopic (exact) mass is 415 g/mol. The SMILES string of the molecule is COc1ccc(OC)c([C@@H]2CCCN2CN2C(=O)C(=O)N(CC(F)(F)F)C2=O)c1. The summed E-state index contributed by atoms with van der Waals surface area (Å²) in [6.07, 6.45) is -3.37. The molecular weight excluding hydrogens is 395 g/mol. The molecule has 2 aliphatic rings. The van der Waals surface area contributed by atoms with E-state index >= 15 is 0 Å². The van der Waals surface area contributed by atoms with Crippen molar-refractivity contribution in [1.29, 1.82) is 0 Å². The average molecular weight is 415 g/mol. The van der Waals surface area contributed by atoms with Crippen molar-refractivity contribution in [2.75, 3.05) is 34.0 Å². The molecule has 4 amide bonds. The lowest BCUT2D eigenvalue weighted by Crippen LogP contribution is -2.43. The third kappa shape index (κ3) is 4.14. The highest BCUT2D eigenvalue weighted by atomic mass is 19.4.